The summed E-state index contributed by atoms with van der Waals surface area (Å²) < 4.78 is 12.9. The molecule has 236 valence electrons. The number of aryl methyl sites for hydroxylation is 2. The van der Waals surface area contributed by atoms with E-state index in [9.17, 15) is 9.50 Å². The summed E-state index contributed by atoms with van der Waals surface area (Å²) in [6, 6.07) is 10.2. The number of rotatable bonds is 13. The van der Waals surface area contributed by atoms with Crippen LogP contribution in [0.2, 0.25) is 0 Å². The lowest BCUT2D eigenvalue weighted by Crippen LogP contribution is -2.33. The predicted octanol–water partition coefficient (Wildman–Crippen LogP) is 10.6. The lowest BCUT2D eigenvalue weighted by Gasteiger charge is -2.33. The molecule has 0 aliphatic carbocycles. The molecule has 1 aliphatic rings. The Balaban J connectivity index is 0.00000330. The molecule has 3 nitrogen and oxygen atoms in total. The highest BCUT2D eigenvalue weighted by atomic mass is 35.5. The predicted molar refractivity (Wildman–Crippen MR) is 189 cm³/mol. The van der Waals surface area contributed by atoms with Gasteiger partial charge in [-0.05, 0) is 85.6 Å². The van der Waals surface area contributed by atoms with Gasteiger partial charge in [0.2, 0.25) is 0 Å². The molecular weight excluding hydrogens is 567 g/mol. The van der Waals surface area contributed by atoms with Gasteiger partial charge in [-0.3, -0.25) is 0 Å². The zero-order valence-corrected chi connectivity index (χ0v) is 28.3. The fraction of sp³-hybridized carbons (Fsp3) is 0.333. The van der Waals surface area contributed by atoms with E-state index >= 15 is 0 Å². The Morgan fingerprint density at radius 1 is 1.09 bits per heavy atom. The number of aliphatic hydroxyl groups excluding tert-OH is 1. The van der Waals surface area contributed by atoms with Crippen molar-refractivity contribution in [2.75, 3.05) is 6.54 Å². The molecule has 1 aliphatic heterocycles. The number of allylic oxidation sites excluding steroid dienone is 7. The quantitative estimate of drug-likeness (QED) is 0.174. The fourth-order valence-electron chi connectivity index (χ4n) is 5.57. The zero-order chi connectivity index (χ0) is 33.0. The van der Waals surface area contributed by atoms with E-state index < -0.39 is 5.83 Å². The van der Waals surface area contributed by atoms with Crippen molar-refractivity contribution in [1.82, 2.24) is 10.2 Å². The van der Waals surface area contributed by atoms with E-state index in [-0.39, 0.29) is 11.8 Å². The van der Waals surface area contributed by atoms with Crippen LogP contribution in [0.25, 0.3) is 5.70 Å². The summed E-state index contributed by atoms with van der Waals surface area (Å²) in [6.07, 6.45) is 9.77. The molecule has 2 N–H and O–H groups in total. The fourth-order valence-corrected chi connectivity index (χ4v) is 5.86. The normalized spacial score (nSPS) is 14.0. The molecule has 5 heteroatoms. The van der Waals surface area contributed by atoms with Gasteiger partial charge in [-0.2, -0.15) is 0 Å². The van der Waals surface area contributed by atoms with Crippen molar-refractivity contribution >= 4 is 17.3 Å². The Labute approximate surface area is 270 Å². The monoisotopic (exact) mass is 616 g/mol. The van der Waals surface area contributed by atoms with E-state index in [1.807, 2.05) is 39.0 Å². The van der Waals surface area contributed by atoms with Crippen molar-refractivity contribution in [2.24, 2.45) is 0 Å². The van der Waals surface area contributed by atoms with Gasteiger partial charge in [0.05, 0.1) is 6.04 Å². The second kappa shape index (κ2) is 17.5. The van der Waals surface area contributed by atoms with E-state index in [1.54, 1.807) is 6.08 Å². The molecular formula is C39H50ClFN2O. The Bertz CT molecular complexity index is 1460. The molecule has 0 saturated carbocycles. The van der Waals surface area contributed by atoms with Crippen molar-refractivity contribution in [3.8, 4) is 0 Å². The van der Waals surface area contributed by atoms with E-state index in [1.165, 1.54) is 28.3 Å². The van der Waals surface area contributed by atoms with Crippen LogP contribution in [0, 0.1) is 20.8 Å². The highest BCUT2D eigenvalue weighted by molar-refractivity contribution is 6.30. The van der Waals surface area contributed by atoms with Crippen LogP contribution in [0.4, 0.5) is 4.39 Å². The minimum atomic E-state index is -0.483. The number of hydrogen-bond acceptors (Lipinski definition) is 3. The van der Waals surface area contributed by atoms with E-state index in [4.69, 9.17) is 11.6 Å². The second-order valence-corrected chi connectivity index (χ2v) is 11.5. The van der Waals surface area contributed by atoms with Gasteiger partial charge in [0.15, 0.2) is 0 Å². The number of nitrogens with zero attached hydrogens (tertiary/aromatic N) is 1. The number of aliphatic hydroxyl groups is 1. The Hall–Kier alpha value is -3.76. The third kappa shape index (κ3) is 10.2. The largest absolute Gasteiger partial charge is 0.511 e. The van der Waals surface area contributed by atoms with Crippen molar-refractivity contribution < 1.29 is 9.50 Å². The van der Waals surface area contributed by atoms with Crippen LogP contribution in [-0.2, 0) is 19.4 Å². The maximum absolute atomic E-state index is 12.9. The van der Waals surface area contributed by atoms with Crippen LogP contribution in [0.3, 0.4) is 0 Å². The molecule has 44 heavy (non-hydrogen) atoms. The number of fused-ring (bicyclic) bond motifs is 1. The Morgan fingerprint density at radius 3 is 2.41 bits per heavy atom. The summed E-state index contributed by atoms with van der Waals surface area (Å²) in [5.74, 6) is -0.388. The molecule has 0 saturated heterocycles. The standard InChI is InChI=1S/C37H44ClFN2O.C2H6/c1-9-32(35(38)15-11-13-26(4)39)17-16-27(5)41-19-18-34-28(6)37(25(3)21-33(34)23-41)29(7)40-36(30(8)42)22-31-14-10-12-24(2)20-31;1-2/h10-14,16-17,20-21,36,40,42H,4-5,7-9,15,18-19,22-23H2,1-3,6H3;1-2H3/b13-11?,17-16+,35-32-;. The van der Waals surface area contributed by atoms with Crippen LogP contribution < -0.4 is 5.32 Å². The molecule has 0 amide bonds. The molecule has 0 aromatic heterocycles. The minimum absolute atomic E-state index is 0.0950. The van der Waals surface area contributed by atoms with Gasteiger partial charge in [-0.1, -0.05) is 107 Å². The molecule has 0 fully saturated rings. The summed E-state index contributed by atoms with van der Waals surface area (Å²) in [7, 11) is 0. The van der Waals surface area contributed by atoms with Crippen molar-refractivity contribution in [2.45, 2.75) is 79.8 Å². The summed E-state index contributed by atoms with van der Waals surface area (Å²) in [4.78, 5) is 2.28. The third-order valence-corrected chi connectivity index (χ3v) is 8.17. The van der Waals surface area contributed by atoms with Gasteiger partial charge >= 0.3 is 0 Å². The first kappa shape index (κ1) is 36.4. The summed E-state index contributed by atoms with van der Waals surface area (Å²) >= 11 is 6.49. The Morgan fingerprint density at radius 2 is 1.80 bits per heavy atom. The van der Waals surface area contributed by atoms with Gasteiger partial charge in [0.1, 0.15) is 11.6 Å². The Kier molecular flexibility index (Phi) is 14.5. The van der Waals surface area contributed by atoms with Gasteiger partial charge in [0.25, 0.3) is 0 Å². The molecule has 2 aromatic carbocycles. The minimum Gasteiger partial charge on any atom is -0.511 e. The lowest BCUT2D eigenvalue weighted by molar-refractivity contribution is 0.332. The van der Waals surface area contributed by atoms with E-state index in [0.717, 1.165) is 59.6 Å². The first-order valence-electron chi connectivity index (χ1n) is 15.4. The highest BCUT2D eigenvalue weighted by Gasteiger charge is 2.23. The first-order valence-corrected chi connectivity index (χ1v) is 15.8. The molecule has 2 aromatic rings. The van der Waals surface area contributed by atoms with Gasteiger partial charge in [0, 0.05) is 41.5 Å². The van der Waals surface area contributed by atoms with Crippen LogP contribution in [0.15, 0.2) is 109 Å². The topological polar surface area (TPSA) is 35.5 Å². The smallest absolute Gasteiger partial charge is 0.115 e. The molecule has 0 spiro atoms. The van der Waals surface area contributed by atoms with Crippen LogP contribution in [0.5, 0.6) is 0 Å². The van der Waals surface area contributed by atoms with Crippen molar-refractivity contribution in [3.63, 3.8) is 0 Å². The maximum Gasteiger partial charge on any atom is 0.115 e. The highest BCUT2D eigenvalue weighted by Crippen LogP contribution is 2.32. The van der Waals surface area contributed by atoms with Crippen LogP contribution in [0.1, 0.15) is 72.6 Å². The second-order valence-electron chi connectivity index (χ2n) is 11.0. The van der Waals surface area contributed by atoms with Crippen LogP contribution in [-0.4, -0.2) is 22.6 Å². The van der Waals surface area contributed by atoms with E-state index in [0.29, 0.717) is 17.9 Å². The maximum atomic E-state index is 12.9. The summed E-state index contributed by atoms with van der Waals surface area (Å²) in [5, 5.41) is 14.5. The number of hydrogen-bond donors (Lipinski definition) is 2. The average Bonchev–Trinajstić information content (AvgIpc) is 2.97. The van der Waals surface area contributed by atoms with Gasteiger partial charge in [-0.15, -0.1) is 0 Å². The number of benzene rings is 2. The average molecular weight is 617 g/mol. The van der Waals surface area contributed by atoms with E-state index in [2.05, 4.69) is 81.6 Å². The number of halogens is 2. The molecule has 1 unspecified atom stereocenters. The summed E-state index contributed by atoms with van der Waals surface area (Å²) in [5.41, 5.74) is 11.1. The molecule has 0 bridgehead atoms. The summed E-state index contributed by atoms with van der Waals surface area (Å²) in [6.45, 7) is 29.8. The first-order chi connectivity index (χ1) is 20.9. The lowest BCUT2D eigenvalue weighted by atomic mass is 9.87. The molecule has 0 radical (unpaired) electrons. The molecule has 1 atom stereocenters. The molecule has 3 rings (SSSR count). The molecule has 1 heterocycles. The SMILES string of the molecule is C=C(F)C=CC/C(Cl)=C(/C=C/C(=C)N1CCc2c(cc(C)c(C(=C)NC(Cc3cccc(C)c3)C(=C)O)c2C)C1)CC.CC. The van der Waals surface area contributed by atoms with Crippen molar-refractivity contribution in [3.05, 3.63) is 148 Å². The zero-order valence-electron chi connectivity index (χ0n) is 27.5. The van der Waals surface area contributed by atoms with Gasteiger partial charge < -0.3 is 15.3 Å². The van der Waals surface area contributed by atoms with Crippen LogP contribution >= 0.6 is 11.6 Å². The van der Waals surface area contributed by atoms with Crippen molar-refractivity contribution in [1.29, 1.82) is 0 Å². The van der Waals surface area contributed by atoms with Gasteiger partial charge in [-0.25, -0.2) is 4.39 Å². The number of nitrogens with one attached hydrogen (secondary N) is 1. The third-order valence-electron chi connectivity index (χ3n) is 7.78.